The third kappa shape index (κ3) is 4.67. The molecule has 0 amide bonds. The van der Waals surface area contributed by atoms with Crippen molar-refractivity contribution in [3.05, 3.63) is 247 Å². The number of nitrogens with zero attached hydrogens (tertiary/aromatic N) is 1. The van der Waals surface area contributed by atoms with Gasteiger partial charge in [0, 0.05) is 33.6 Å². The highest BCUT2D eigenvalue weighted by molar-refractivity contribution is 6.14. The summed E-state index contributed by atoms with van der Waals surface area (Å²) >= 11 is 0. The van der Waals surface area contributed by atoms with Gasteiger partial charge in [0.1, 0.15) is 11.2 Å². The summed E-state index contributed by atoms with van der Waals surface area (Å²) in [5, 5.41) is 9.76. The van der Waals surface area contributed by atoms with Gasteiger partial charge in [-0.3, -0.25) is 0 Å². The zero-order valence-corrected chi connectivity index (χ0v) is 34.2. The molecular formula is C61H37NO. The van der Waals surface area contributed by atoms with Crippen LogP contribution in [-0.4, -0.2) is 0 Å². The molecule has 0 bridgehead atoms. The van der Waals surface area contributed by atoms with Crippen LogP contribution in [0, 0.1) is 0 Å². The molecule has 0 aliphatic heterocycles. The van der Waals surface area contributed by atoms with Gasteiger partial charge in [-0.05, 0) is 119 Å². The van der Waals surface area contributed by atoms with Crippen LogP contribution < -0.4 is 4.90 Å². The minimum atomic E-state index is -0.648. The van der Waals surface area contributed by atoms with E-state index in [-0.39, 0.29) is 0 Å². The number of fused-ring (bicyclic) bond motifs is 12. The molecule has 0 radical (unpaired) electrons. The van der Waals surface area contributed by atoms with Crippen molar-refractivity contribution in [2.24, 2.45) is 0 Å². The Balaban J connectivity index is 1.13. The predicted molar refractivity (Wildman–Crippen MR) is 263 cm³/mol. The Kier molecular flexibility index (Phi) is 7.07. The van der Waals surface area contributed by atoms with Crippen molar-refractivity contribution in [2.75, 3.05) is 4.90 Å². The van der Waals surface area contributed by atoms with Crippen LogP contribution in [0.3, 0.4) is 0 Å². The van der Waals surface area contributed by atoms with Gasteiger partial charge in [0.15, 0.2) is 0 Å². The minimum absolute atomic E-state index is 0.648. The molecule has 12 aromatic rings. The summed E-state index contributed by atoms with van der Waals surface area (Å²) in [7, 11) is 0. The number of hydrogen-bond acceptors (Lipinski definition) is 2. The van der Waals surface area contributed by atoms with E-state index < -0.39 is 5.41 Å². The molecule has 1 atom stereocenters. The third-order valence-corrected chi connectivity index (χ3v) is 14.0. The zero-order valence-electron chi connectivity index (χ0n) is 34.2. The Morgan fingerprint density at radius 1 is 0.317 bits per heavy atom. The second kappa shape index (κ2) is 12.9. The van der Waals surface area contributed by atoms with Crippen molar-refractivity contribution in [3.63, 3.8) is 0 Å². The predicted octanol–water partition coefficient (Wildman–Crippen LogP) is 16.5. The molecule has 1 unspecified atom stereocenters. The van der Waals surface area contributed by atoms with Crippen LogP contribution in [0.4, 0.5) is 17.1 Å². The number of furan rings is 1. The molecule has 2 heteroatoms. The molecule has 0 fully saturated rings. The molecular weight excluding hydrogens is 763 g/mol. The molecule has 0 saturated heterocycles. The van der Waals surface area contributed by atoms with Crippen molar-refractivity contribution >= 4 is 71.3 Å². The maximum Gasteiger partial charge on any atom is 0.137 e. The normalized spacial score (nSPS) is 14.7. The summed E-state index contributed by atoms with van der Waals surface area (Å²) in [6.45, 7) is 0. The first kappa shape index (κ1) is 34.5. The topological polar surface area (TPSA) is 16.4 Å². The lowest BCUT2D eigenvalue weighted by Crippen LogP contribution is -2.36. The summed E-state index contributed by atoms with van der Waals surface area (Å²) in [6.07, 6.45) is 0. The van der Waals surface area contributed by atoms with E-state index in [1.165, 1.54) is 88.0 Å². The van der Waals surface area contributed by atoms with Crippen molar-refractivity contribution in [1.82, 2.24) is 0 Å². The fraction of sp³-hybridized carbons (Fsp3) is 0.0164. The summed E-state index contributed by atoms with van der Waals surface area (Å²) in [5.74, 6) is 0. The Morgan fingerprint density at radius 3 is 1.81 bits per heavy atom. The SMILES string of the molecule is c1ccc(-c2ccc3c4c(cccc24)C2(c4ccccc4-c4cccc5cccc2c45)c2cc(N(c4ccc5c(c4)oc4ccccc45)c4cccc5ccccc45)ccc2-3)cc1. The molecule has 292 valence electrons. The van der Waals surface area contributed by atoms with Crippen LogP contribution in [0.1, 0.15) is 22.3 Å². The van der Waals surface area contributed by atoms with Gasteiger partial charge in [-0.25, -0.2) is 0 Å². The summed E-state index contributed by atoms with van der Waals surface area (Å²) in [4.78, 5) is 2.45. The van der Waals surface area contributed by atoms with Crippen LogP contribution >= 0.6 is 0 Å². The molecule has 14 rings (SSSR count). The molecule has 2 aliphatic rings. The van der Waals surface area contributed by atoms with E-state index in [2.05, 4.69) is 223 Å². The van der Waals surface area contributed by atoms with Gasteiger partial charge in [0.25, 0.3) is 0 Å². The van der Waals surface area contributed by atoms with E-state index in [0.717, 1.165) is 39.0 Å². The van der Waals surface area contributed by atoms with E-state index in [9.17, 15) is 0 Å². The van der Waals surface area contributed by atoms with Gasteiger partial charge in [0.05, 0.1) is 11.1 Å². The number of hydrogen-bond donors (Lipinski definition) is 0. The molecule has 0 saturated carbocycles. The van der Waals surface area contributed by atoms with Gasteiger partial charge in [-0.1, -0.05) is 182 Å². The van der Waals surface area contributed by atoms with E-state index >= 15 is 0 Å². The first-order chi connectivity index (χ1) is 31.3. The molecule has 63 heavy (non-hydrogen) atoms. The van der Waals surface area contributed by atoms with Gasteiger partial charge in [0.2, 0.25) is 0 Å². The zero-order chi connectivity index (χ0) is 41.2. The lowest BCUT2D eigenvalue weighted by Gasteiger charge is -2.46. The standard InChI is InChI=1S/C61H37NO/c1-2-14-38(15-3-1)43-34-35-51-46-32-30-41(62(56-28-12-17-39-16-4-5-20-44(39)56)42-31-33-48-47-22-7-9-29-57(47)63-58(48)37-42)36-55(46)61(54-27-13-24-49(43)60(51)54)52-25-8-6-21-45(52)50-23-10-18-40-19-11-26-53(61)59(40)50/h1-37H. The van der Waals surface area contributed by atoms with Crippen LogP contribution in [0.15, 0.2) is 229 Å². The highest BCUT2D eigenvalue weighted by atomic mass is 16.3. The quantitative estimate of drug-likeness (QED) is 0.176. The van der Waals surface area contributed by atoms with Crippen molar-refractivity contribution < 1.29 is 4.42 Å². The number of benzene rings is 11. The van der Waals surface area contributed by atoms with E-state index in [1.54, 1.807) is 0 Å². The molecule has 11 aromatic carbocycles. The lowest BCUT2D eigenvalue weighted by atomic mass is 9.55. The third-order valence-electron chi connectivity index (χ3n) is 14.0. The van der Waals surface area contributed by atoms with Crippen LogP contribution in [0.25, 0.3) is 87.6 Å². The Morgan fingerprint density at radius 2 is 0.889 bits per heavy atom. The first-order valence-corrected chi connectivity index (χ1v) is 21.8. The average molecular weight is 800 g/mol. The number of anilines is 3. The van der Waals surface area contributed by atoms with Crippen LogP contribution in [-0.2, 0) is 5.41 Å². The van der Waals surface area contributed by atoms with Gasteiger partial charge in [-0.15, -0.1) is 0 Å². The fourth-order valence-corrected chi connectivity index (χ4v) is 11.5. The van der Waals surface area contributed by atoms with Gasteiger partial charge < -0.3 is 9.32 Å². The Bertz CT molecular complexity index is 3870. The van der Waals surface area contributed by atoms with E-state index in [0.29, 0.717) is 0 Å². The molecule has 0 N–H and O–H groups in total. The molecule has 2 aliphatic carbocycles. The minimum Gasteiger partial charge on any atom is -0.456 e. The Labute approximate surface area is 364 Å². The highest BCUT2D eigenvalue weighted by Gasteiger charge is 2.49. The summed E-state index contributed by atoms with van der Waals surface area (Å²) in [6, 6.07) is 83.2. The number of para-hydroxylation sites is 1. The number of rotatable bonds is 4. The summed E-state index contributed by atoms with van der Waals surface area (Å²) in [5.41, 5.74) is 17.1. The molecule has 1 heterocycles. The van der Waals surface area contributed by atoms with Crippen molar-refractivity contribution in [1.29, 1.82) is 0 Å². The molecule has 2 nitrogen and oxygen atoms in total. The van der Waals surface area contributed by atoms with Crippen LogP contribution in [0.5, 0.6) is 0 Å². The monoisotopic (exact) mass is 799 g/mol. The highest BCUT2D eigenvalue weighted by Crippen LogP contribution is 2.62. The van der Waals surface area contributed by atoms with Gasteiger partial charge in [-0.2, -0.15) is 0 Å². The largest absolute Gasteiger partial charge is 0.456 e. The average Bonchev–Trinajstić information content (AvgIpc) is 3.72. The second-order valence-corrected chi connectivity index (χ2v) is 17.1. The van der Waals surface area contributed by atoms with E-state index in [1.807, 2.05) is 6.07 Å². The van der Waals surface area contributed by atoms with Crippen LogP contribution in [0.2, 0.25) is 0 Å². The van der Waals surface area contributed by atoms with E-state index in [4.69, 9.17) is 4.42 Å². The maximum atomic E-state index is 6.57. The maximum absolute atomic E-state index is 6.57. The molecule has 1 spiro atoms. The lowest BCUT2D eigenvalue weighted by molar-refractivity contribution is 0.669. The van der Waals surface area contributed by atoms with Gasteiger partial charge >= 0.3 is 0 Å². The summed E-state index contributed by atoms with van der Waals surface area (Å²) < 4.78 is 6.57. The van der Waals surface area contributed by atoms with Crippen molar-refractivity contribution in [3.8, 4) is 33.4 Å². The Hall–Kier alpha value is -8.20. The fourth-order valence-electron chi connectivity index (χ4n) is 11.5. The molecule has 1 aromatic heterocycles. The smallest absolute Gasteiger partial charge is 0.137 e. The first-order valence-electron chi connectivity index (χ1n) is 21.8. The van der Waals surface area contributed by atoms with Crippen molar-refractivity contribution in [2.45, 2.75) is 5.41 Å². The second-order valence-electron chi connectivity index (χ2n) is 17.1.